The summed E-state index contributed by atoms with van der Waals surface area (Å²) in [6.45, 7) is 1.10. The number of hydrogen-bond acceptors (Lipinski definition) is 0. The Kier molecular flexibility index (Phi) is 3.88. The Labute approximate surface area is 119 Å². The molecule has 118 valence electrons. The summed E-state index contributed by atoms with van der Waals surface area (Å²) in [5, 5.41) is 0. The van der Waals surface area contributed by atoms with Crippen molar-refractivity contribution in [3.8, 4) is 11.1 Å². The SMILES string of the molecule is Cc1ccc(-c2c(F)c(F)c(F)c(F)c2F)cc1C(F)(F)F. The molecule has 0 fully saturated rings. The van der Waals surface area contributed by atoms with Crippen LogP contribution in [0.1, 0.15) is 11.1 Å². The molecule has 0 atom stereocenters. The van der Waals surface area contributed by atoms with Gasteiger partial charge in [-0.1, -0.05) is 12.1 Å². The van der Waals surface area contributed by atoms with Gasteiger partial charge in [-0.05, 0) is 24.1 Å². The highest BCUT2D eigenvalue weighted by Crippen LogP contribution is 2.37. The van der Waals surface area contributed by atoms with E-state index in [-0.39, 0.29) is 5.56 Å². The average molecular weight is 326 g/mol. The zero-order chi connectivity index (χ0) is 16.8. The molecule has 22 heavy (non-hydrogen) atoms. The maximum Gasteiger partial charge on any atom is 0.416 e. The molecule has 0 N–H and O–H groups in total. The van der Waals surface area contributed by atoms with Gasteiger partial charge in [0.15, 0.2) is 23.3 Å². The highest BCUT2D eigenvalue weighted by Gasteiger charge is 2.34. The lowest BCUT2D eigenvalue weighted by molar-refractivity contribution is -0.138. The van der Waals surface area contributed by atoms with E-state index in [0.29, 0.717) is 6.07 Å². The quantitative estimate of drug-likeness (QED) is 0.375. The van der Waals surface area contributed by atoms with Crippen LogP contribution in [-0.2, 0) is 6.18 Å². The van der Waals surface area contributed by atoms with E-state index in [1.807, 2.05) is 0 Å². The molecule has 0 nitrogen and oxygen atoms in total. The lowest BCUT2D eigenvalue weighted by Gasteiger charge is -2.13. The molecule has 0 aliphatic carbocycles. The van der Waals surface area contributed by atoms with Crippen LogP contribution in [0.5, 0.6) is 0 Å². The summed E-state index contributed by atoms with van der Waals surface area (Å²) in [7, 11) is 0. The van der Waals surface area contributed by atoms with E-state index in [2.05, 4.69) is 0 Å². The minimum atomic E-state index is -4.83. The summed E-state index contributed by atoms with van der Waals surface area (Å²) in [4.78, 5) is 0. The van der Waals surface area contributed by atoms with Gasteiger partial charge in [0, 0.05) is 0 Å². The predicted octanol–water partition coefficient (Wildman–Crippen LogP) is 5.38. The van der Waals surface area contributed by atoms with Crippen molar-refractivity contribution >= 4 is 0 Å². The van der Waals surface area contributed by atoms with E-state index in [1.54, 1.807) is 0 Å². The van der Waals surface area contributed by atoms with Crippen LogP contribution >= 0.6 is 0 Å². The van der Waals surface area contributed by atoms with Gasteiger partial charge >= 0.3 is 6.18 Å². The average Bonchev–Trinajstić information content (AvgIpc) is 2.43. The molecule has 0 saturated carbocycles. The van der Waals surface area contributed by atoms with E-state index in [9.17, 15) is 35.1 Å². The van der Waals surface area contributed by atoms with Gasteiger partial charge in [-0.25, -0.2) is 22.0 Å². The summed E-state index contributed by atoms with van der Waals surface area (Å²) in [6.07, 6.45) is -4.83. The van der Waals surface area contributed by atoms with Crippen LogP contribution in [0.3, 0.4) is 0 Å². The van der Waals surface area contributed by atoms with Gasteiger partial charge in [-0.2, -0.15) is 13.2 Å². The molecule has 0 spiro atoms. The number of alkyl halides is 3. The fourth-order valence-electron chi connectivity index (χ4n) is 1.94. The Bertz CT molecular complexity index is 716. The molecule has 0 bridgehead atoms. The van der Waals surface area contributed by atoms with Crippen LogP contribution in [0, 0.1) is 36.0 Å². The van der Waals surface area contributed by atoms with E-state index in [0.717, 1.165) is 19.1 Å². The first-order valence-corrected chi connectivity index (χ1v) is 5.75. The van der Waals surface area contributed by atoms with E-state index in [1.165, 1.54) is 0 Å². The van der Waals surface area contributed by atoms with Crippen LogP contribution in [0.15, 0.2) is 18.2 Å². The monoisotopic (exact) mass is 326 g/mol. The molecule has 2 aromatic carbocycles. The highest BCUT2D eigenvalue weighted by atomic mass is 19.4. The summed E-state index contributed by atoms with van der Waals surface area (Å²) >= 11 is 0. The van der Waals surface area contributed by atoms with Gasteiger partial charge in [0.1, 0.15) is 0 Å². The largest absolute Gasteiger partial charge is 0.416 e. The second-order valence-electron chi connectivity index (χ2n) is 4.47. The van der Waals surface area contributed by atoms with Crippen LogP contribution in [0.4, 0.5) is 35.1 Å². The maximum atomic E-state index is 13.6. The summed E-state index contributed by atoms with van der Waals surface area (Å²) < 4.78 is 105. The van der Waals surface area contributed by atoms with Gasteiger partial charge in [0.25, 0.3) is 0 Å². The molecule has 0 amide bonds. The normalized spacial score (nSPS) is 11.9. The molecule has 0 unspecified atom stereocenters. The molecule has 0 aliphatic rings. The zero-order valence-electron chi connectivity index (χ0n) is 10.8. The van der Waals surface area contributed by atoms with Crippen LogP contribution in [0.25, 0.3) is 11.1 Å². The highest BCUT2D eigenvalue weighted by molar-refractivity contribution is 5.67. The minimum Gasteiger partial charge on any atom is -0.203 e. The third-order valence-electron chi connectivity index (χ3n) is 3.04. The molecule has 0 heterocycles. The van der Waals surface area contributed by atoms with Gasteiger partial charge in [-0.15, -0.1) is 0 Å². The van der Waals surface area contributed by atoms with Crippen LogP contribution in [0.2, 0.25) is 0 Å². The molecule has 0 aromatic heterocycles. The molecule has 0 aliphatic heterocycles. The summed E-state index contributed by atoms with van der Waals surface area (Å²) in [5.74, 6) is -11.2. The third kappa shape index (κ3) is 2.53. The Hall–Kier alpha value is -2.12. The van der Waals surface area contributed by atoms with Crippen molar-refractivity contribution in [1.29, 1.82) is 0 Å². The summed E-state index contributed by atoms with van der Waals surface area (Å²) in [5.41, 5.74) is -3.64. The number of aryl methyl sites for hydroxylation is 1. The fraction of sp³-hybridized carbons (Fsp3) is 0.143. The van der Waals surface area contributed by atoms with Gasteiger partial charge in [0.2, 0.25) is 5.82 Å². The second-order valence-corrected chi connectivity index (χ2v) is 4.47. The van der Waals surface area contributed by atoms with Crippen molar-refractivity contribution < 1.29 is 35.1 Å². The lowest BCUT2D eigenvalue weighted by Crippen LogP contribution is -2.09. The minimum absolute atomic E-state index is 0.250. The molecular formula is C14H6F8. The molecular weight excluding hydrogens is 320 g/mol. The number of hydrogen-bond donors (Lipinski definition) is 0. The third-order valence-corrected chi connectivity index (χ3v) is 3.04. The van der Waals surface area contributed by atoms with Gasteiger partial charge < -0.3 is 0 Å². The smallest absolute Gasteiger partial charge is 0.203 e. The predicted molar refractivity (Wildman–Crippen MR) is 61.4 cm³/mol. The summed E-state index contributed by atoms with van der Waals surface area (Å²) in [6, 6.07) is 2.08. The van der Waals surface area contributed by atoms with Crippen molar-refractivity contribution in [1.82, 2.24) is 0 Å². The Balaban J connectivity index is 2.79. The van der Waals surface area contributed by atoms with Crippen LogP contribution in [-0.4, -0.2) is 0 Å². The van der Waals surface area contributed by atoms with Crippen molar-refractivity contribution in [2.75, 3.05) is 0 Å². The van der Waals surface area contributed by atoms with E-state index >= 15 is 0 Å². The first-order chi connectivity index (χ1) is 10.1. The Morgan fingerprint density at radius 2 is 1.18 bits per heavy atom. The molecule has 2 rings (SSSR count). The Morgan fingerprint density at radius 3 is 1.64 bits per heavy atom. The molecule has 2 aromatic rings. The standard InChI is InChI=1S/C14H6F8/c1-5-2-3-6(4-7(5)14(20,21)22)8-9(15)11(17)13(19)12(18)10(8)16/h2-4H,1H3. The first kappa shape index (κ1) is 16.3. The van der Waals surface area contributed by atoms with E-state index in [4.69, 9.17) is 0 Å². The lowest BCUT2D eigenvalue weighted by atomic mass is 9.98. The molecule has 0 radical (unpaired) electrons. The van der Waals surface area contributed by atoms with Crippen molar-refractivity contribution in [2.24, 2.45) is 0 Å². The van der Waals surface area contributed by atoms with E-state index < -0.39 is 52.0 Å². The molecule has 8 heteroatoms. The number of benzene rings is 2. The fourth-order valence-corrected chi connectivity index (χ4v) is 1.94. The topological polar surface area (TPSA) is 0 Å². The second kappa shape index (κ2) is 5.26. The van der Waals surface area contributed by atoms with Crippen molar-refractivity contribution in [3.05, 3.63) is 58.4 Å². The maximum absolute atomic E-state index is 13.6. The number of rotatable bonds is 1. The van der Waals surface area contributed by atoms with Gasteiger partial charge in [-0.3, -0.25) is 0 Å². The number of halogens is 8. The molecule has 0 saturated heterocycles. The zero-order valence-corrected chi connectivity index (χ0v) is 10.8. The Morgan fingerprint density at radius 1 is 0.727 bits per heavy atom. The first-order valence-electron chi connectivity index (χ1n) is 5.75. The van der Waals surface area contributed by atoms with Crippen molar-refractivity contribution in [3.63, 3.8) is 0 Å². The van der Waals surface area contributed by atoms with Gasteiger partial charge in [0.05, 0.1) is 11.1 Å². The van der Waals surface area contributed by atoms with Crippen molar-refractivity contribution in [2.45, 2.75) is 13.1 Å². The van der Waals surface area contributed by atoms with Crippen LogP contribution < -0.4 is 0 Å².